The summed E-state index contributed by atoms with van der Waals surface area (Å²) in [6, 6.07) is 10.8. The lowest BCUT2D eigenvalue weighted by Gasteiger charge is -2.07. The van der Waals surface area contributed by atoms with E-state index in [1.54, 1.807) is 12.1 Å². The quantitative estimate of drug-likeness (QED) is 0.901. The molecule has 4 nitrogen and oxygen atoms in total. The van der Waals surface area contributed by atoms with E-state index >= 15 is 0 Å². The van der Waals surface area contributed by atoms with Gasteiger partial charge in [-0.05, 0) is 42.0 Å². The van der Waals surface area contributed by atoms with Gasteiger partial charge in [0.1, 0.15) is 11.6 Å². The first kappa shape index (κ1) is 13.5. The molecular formula is C13H12FNO3S. The predicted molar refractivity (Wildman–Crippen MR) is 68.5 cm³/mol. The highest BCUT2D eigenvalue weighted by Gasteiger charge is 2.13. The van der Waals surface area contributed by atoms with Crippen LogP contribution in [0.4, 0.5) is 4.39 Å². The maximum Gasteiger partial charge on any atom is 0.240 e. The van der Waals surface area contributed by atoms with Gasteiger partial charge in [0, 0.05) is 6.54 Å². The van der Waals surface area contributed by atoms with Gasteiger partial charge in [0.2, 0.25) is 10.0 Å². The van der Waals surface area contributed by atoms with Crippen molar-refractivity contribution in [2.24, 2.45) is 0 Å². The second-order valence-electron chi connectivity index (χ2n) is 3.94. The Labute approximate surface area is 110 Å². The van der Waals surface area contributed by atoms with Gasteiger partial charge >= 0.3 is 0 Å². The molecule has 100 valence electrons. The second kappa shape index (κ2) is 5.38. The molecule has 0 unspecified atom stereocenters. The summed E-state index contributed by atoms with van der Waals surface area (Å²) in [4.78, 5) is 0.00711. The first-order valence-electron chi connectivity index (χ1n) is 5.50. The Morgan fingerprint density at radius 2 is 1.58 bits per heavy atom. The molecule has 2 rings (SSSR count). The number of halogens is 1. The number of hydrogen-bond donors (Lipinski definition) is 2. The van der Waals surface area contributed by atoms with Crippen molar-refractivity contribution >= 4 is 10.0 Å². The van der Waals surface area contributed by atoms with E-state index in [4.69, 9.17) is 5.11 Å². The van der Waals surface area contributed by atoms with Crippen molar-refractivity contribution in [3.63, 3.8) is 0 Å². The molecule has 0 aliphatic rings. The number of sulfonamides is 1. The largest absolute Gasteiger partial charge is 0.508 e. The van der Waals surface area contributed by atoms with Crippen LogP contribution in [0.5, 0.6) is 5.75 Å². The summed E-state index contributed by atoms with van der Waals surface area (Å²) in [7, 11) is -3.66. The average Bonchev–Trinajstić information content (AvgIpc) is 2.39. The van der Waals surface area contributed by atoms with Gasteiger partial charge in [-0.15, -0.1) is 0 Å². The topological polar surface area (TPSA) is 66.4 Å². The molecule has 0 heterocycles. The van der Waals surface area contributed by atoms with E-state index in [0.29, 0.717) is 5.56 Å². The third kappa shape index (κ3) is 3.52. The fraction of sp³-hybridized carbons (Fsp3) is 0.0769. The standard InChI is InChI=1S/C13H12FNO3S/c14-11-3-7-13(8-4-11)19(17,18)15-9-10-1-5-12(16)6-2-10/h1-8,15-16H,9H2. The highest BCUT2D eigenvalue weighted by Crippen LogP contribution is 2.12. The number of hydrogen-bond acceptors (Lipinski definition) is 3. The van der Waals surface area contributed by atoms with Gasteiger partial charge in [0.25, 0.3) is 0 Å². The van der Waals surface area contributed by atoms with Crippen LogP contribution in [-0.4, -0.2) is 13.5 Å². The Morgan fingerprint density at radius 3 is 2.16 bits per heavy atom. The van der Waals surface area contributed by atoms with Crippen LogP contribution >= 0.6 is 0 Å². The molecular weight excluding hydrogens is 269 g/mol. The smallest absolute Gasteiger partial charge is 0.240 e. The van der Waals surface area contributed by atoms with Gasteiger partial charge in [-0.3, -0.25) is 0 Å². The van der Waals surface area contributed by atoms with Crippen LogP contribution in [0.3, 0.4) is 0 Å². The normalized spacial score (nSPS) is 11.4. The highest BCUT2D eigenvalue weighted by molar-refractivity contribution is 7.89. The predicted octanol–water partition coefficient (Wildman–Crippen LogP) is 2.01. The van der Waals surface area contributed by atoms with Crippen molar-refractivity contribution < 1.29 is 17.9 Å². The summed E-state index contributed by atoms with van der Waals surface area (Å²) in [5.41, 5.74) is 0.712. The van der Waals surface area contributed by atoms with Crippen molar-refractivity contribution in [3.8, 4) is 5.75 Å². The first-order valence-corrected chi connectivity index (χ1v) is 6.99. The van der Waals surface area contributed by atoms with Crippen LogP contribution in [0.15, 0.2) is 53.4 Å². The van der Waals surface area contributed by atoms with Gasteiger partial charge in [-0.25, -0.2) is 17.5 Å². The number of rotatable bonds is 4. The van der Waals surface area contributed by atoms with Crippen molar-refractivity contribution in [3.05, 3.63) is 59.9 Å². The molecule has 0 aromatic heterocycles. The van der Waals surface area contributed by atoms with E-state index in [1.165, 1.54) is 24.3 Å². The zero-order valence-electron chi connectivity index (χ0n) is 9.88. The lowest BCUT2D eigenvalue weighted by atomic mass is 10.2. The fourth-order valence-electron chi connectivity index (χ4n) is 1.49. The third-order valence-electron chi connectivity index (χ3n) is 2.53. The molecule has 19 heavy (non-hydrogen) atoms. The second-order valence-corrected chi connectivity index (χ2v) is 5.71. The molecule has 6 heteroatoms. The van der Waals surface area contributed by atoms with Crippen LogP contribution in [0.2, 0.25) is 0 Å². The van der Waals surface area contributed by atoms with Gasteiger partial charge in [0.15, 0.2) is 0 Å². The Morgan fingerprint density at radius 1 is 1.00 bits per heavy atom. The van der Waals surface area contributed by atoms with Crippen LogP contribution < -0.4 is 4.72 Å². The molecule has 2 N–H and O–H groups in total. The van der Waals surface area contributed by atoms with Crippen molar-refractivity contribution in [1.29, 1.82) is 0 Å². The van der Waals surface area contributed by atoms with E-state index in [1.807, 2.05) is 0 Å². The SMILES string of the molecule is O=S(=O)(NCc1ccc(O)cc1)c1ccc(F)cc1. The molecule has 0 radical (unpaired) electrons. The number of nitrogens with one attached hydrogen (secondary N) is 1. The Hall–Kier alpha value is -1.92. The van der Waals surface area contributed by atoms with Crippen molar-refractivity contribution in [2.45, 2.75) is 11.4 Å². The molecule has 0 saturated carbocycles. The van der Waals surface area contributed by atoms with Gasteiger partial charge in [-0.2, -0.15) is 0 Å². The first-order chi connectivity index (χ1) is 8.97. The number of aromatic hydroxyl groups is 1. The highest BCUT2D eigenvalue weighted by atomic mass is 32.2. The Balaban J connectivity index is 2.09. The molecule has 0 bridgehead atoms. The lowest BCUT2D eigenvalue weighted by molar-refractivity contribution is 0.475. The molecule has 2 aromatic carbocycles. The lowest BCUT2D eigenvalue weighted by Crippen LogP contribution is -2.23. The van der Waals surface area contributed by atoms with Crippen LogP contribution in [0.25, 0.3) is 0 Å². The summed E-state index contributed by atoms with van der Waals surface area (Å²) < 4.78 is 38.9. The molecule has 0 spiro atoms. The summed E-state index contributed by atoms with van der Waals surface area (Å²) in [6.07, 6.45) is 0. The van der Waals surface area contributed by atoms with Crippen molar-refractivity contribution in [2.75, 3.05) is 0 Å². The van der Waals surface area contributed by atoms with E-state index in [2.05, 4.69) is 4.72 Å². The Bertz CT molecular complexity index is 651. The fourth-order valence-corrected chi connectivity index (χ4v) is 2.51. The summed E-state index contributed by atoms with van der Waals surface area (Å²) >= 11 is 0. The van der Waals surface area contributed by atoms with Crippen molar-refractivity contribution in [1.82, 2.24) is 4.72 Å². The zero-order valence-corrected chi connectivity index (χ0v) is 10.7. The summed E-state index contributed by atoms with van der Waals surface area (Å²) in [5, 5.41) is 9.11. The van der Waals surface area contributed by atoms with Gasteiger partial charge in [0.05, 0.1) is 4.90 Å². The van der Waals surface area contributed by atoms with E-state index in [9.17, 15) is 12.8 Å². The molecule has 0 aliphatic heterocycles. The van der Waals surface area contributed by atoms with Crippen LogP contribution in [0.1, 0.15) is 5.56 Å². The van der Waals surface area contributed by atoms with Gasteiger partial charge < -0.3 is 5.11 Å². The molecule has 0 saturated heterocycles. The third-order valence-corrected chi connectivity index (χ3v) is 3.94. The minimum atomic E-state index is -3.66. The maximum atomic E-state index is 12.7. The minimum Gasteiger partial charge on any atom is -0.508 e. The number of benzene rings is 2. The van der Waals surface area contributed by atoms with Gasteiger partial charge in [-0.1, -0.05) is 12.1 Å². The maximum absolute atomic E-state index is 12.7. The zero-order chi connectivity index (χ0) is 13.9. The molecule has 0 atom stereocenters. The molecule has 0 amide bonds. The van der Waals surface area contributed by atoms with E-state index in [-0.39, 0.29) is 17.2 Å². The number of phenolic OH excluding ortho intramolecular Hbond substituents is 1. The average molecular weight is 281 g/mol. The van der Waals surface area contributed by atoms with E-state index in [0.717, 1.165) is 12.1 Å². The molecule has 2 aromatic rings. The minimum absolute atomic E-state index is 0.00711. The van der Waals surface area contributed by atoms with Crippen LogP contribution in [0, 0.1) is 5.82 Å². The monoisotopic (exact) mass is 281 g/mol. The Kier molecular flexibility index (Phi) is 3.82. The summed E-state index contributed by atoms with van der Waals surface area (Å²) in [6.45, 7) is 0.0972. The molecule has 0 aliphatic carbocycles. The number of phenols is 1. The van der Waals surface area contributed by atoms with E-state index < -0.39 is 15.8 Å². The summed E-state index contributed by atoms with van der Waals surface area (Å²) in [5.74, 6) is -0.373. The molecule has 0 fully saturated rings. The van der Waals surface area contributed by atoms with Crippen LogP contribution in [-0.2, 0) is 16.6 Å².